The Labute approximate surface area is 120 Å². The molecule has 1 fully saturated rings. The van der Waals surface area contributed by atoms with Crippen LogP contribution in [0.2, 0.25) is 0 Å². The molecular formula is C14H24N4S. The summed E-state index contributed by atoms with van der Waals surface area (Å²) in [7, 11) is 0. The molecule has 1 aliphatic rings. The Kier molecular flexibility index (Phi) is 5.31. The van der Waals surface area contributed by atoms with Crippen LogP contribution in [0.15, 0.2) is 6.07 Å². The smallest absolute Gasteiger partial charge is 0.132 e. The summed E-state index contributed by atoms with van der Waals surface area (Å²) in [5.74, 6) is 3.87. The van der Waals surface area contributed by atoms with Gasteiger partial charge in [-0.2, -0.15) is 11.8 Å². The fraction of sp³-hybridized carbons (Fsp3) is 0.714. The fourth-order valence-corrected chi connectivity index (χ4v) is 3.81. The van der Waals surface area contributed by atoms with Crippen molar-refractivity contribution in [1.29, 1.82) is 0 Å². The first kappa shape index (κ1) is 14.4. The zero-order valence-corrected chi connectivity index (χ0v) is 12.9. The first-order chi connectivity index (χ1) is 9.22. The molecule has 0 aliphatic heterocycles. The molecule has 2 atom stereocenters. The normalized spacial score (nSPS) is 22.5. The number of nitrogens with zero attached hydrogens (tertiary/aromatic N) is 2. The number of nitrogens with one attached hydrogen (secondary N) is 2. The summed E-state index contributed by atoms with van der Waals surface area (Å²) in [5, 5.41) is 7.58. The Bertz CT molecular complexity index is 410. The Balaban J connectivity index is 2.05. The standard InChI is InChI=1S/C14H24N4S/c1-4-15-13-9-14(17-10(3)16-13)18-11-7-6-8-12(11)19-5-2/h9,11-12H,4-8H2,1-3H3,(H2,15,16,17,18). The predicted molar refractivity (Wildman–Crippen MR) is 84.1 cm³/mol. The highest BCUT2D eigenvalue weighted by molar-refractivity contribution is 7.99. The Morgan fingerprint density at radius 1 is 1.26 bits per heavy atom. The number of rotatable bonds is 6. The van der Waals surface area contributed by atoms with Gasteiger partial charge in [-0.3, -0.25) is 0 Å². The van der Waals surface area contributed by atoms with Gasteiger partial charge in [-0.15, -0.1) is 0 Å². The molecule has 1 saturated carbocycles. The average molecular weight is 280 g/mol. The van der Waals surface area contributed by atoms with E-state index in [0.29, 0.717) is 6.04 Å². The molecule has 0 radical (unpaired) electrons. The van der Waals surface area contributed by atoms with Crippen LogP contribution in [0, 0.1) is 6.92 Å². The van der Waals surface area contributed by atoms with Crippen LogP contribution in [0.3, 0.4) is 0 Å². The van der Waals surface area contributed by atoms with Gasteiger partial charge in [0.05, 0.1) is 0 Å². The Hall–Kier alpha value is -0.970. The molecule has 1 aromatic rings. The maximum atomic E-state index is 4.50. The molecule has 0 spiro atoms. The average Bonchev–Trinajstić information content (AvgIpc) is 2.77. The molecule has 2 unspecified atom stereocenters. The van der Waals surface area contributed by atoms with Crippen molar-refractivity contribution >= 4 is 23.4 Å². The van der Waals surface area contributed by atoms with Crippen LogP contribution in [-0.4, -0.2) is 33.6 Å². The minimum Gasteiger partial charge on any atom is -0.370 e. The molecule has 1 heterocycles. The lowest BCUT2D eigenvalue weighted by atomic mass is 10.2. The highest BCUT2D eigenvalue weighted by atomic mass is 32.2. The molecule has 2 rings (SSSR count). The van der Waals surface area contributed by atoms with Gasteiger partial charge < -0.3 is 10.6 Å². The fourth-order valence-electron chi connectivity index (χ4n) is 2.61. The maximum Gasteiger partial charge on any atom is 0.132 e. The number of aromatic nitrogens is 2. The van der Waals surface area contributed by atoms with Crippen molar-refractivity contribution in [3.63, 3.8) is 0 Å². The van der Waals surface area contributed by atoms with Crippen molar-refractivity contribution in [2.75, 3.05) is 22.9 Å². The van der Waals surface area contributed by atoms with Crippen LogP contribution in [0.1, 0.15) is 38.9 Å². The first-order valence-corrected chi connectivity index (χ1v) is 8.25. The van der Waals surface area contributed by atoms with Gasteiger partial charge in [0.1, 0.15) is 17.5 Å². The van der Waals surface area contributed by atoms with Crippen LogP contribution in [0.4, 0.5) is 11.6 Å². The predicted octanol–water partition coefficient (Wildman–Crippen LogP) is 3.30. The highest BCUT2D eigenvalue weighted by Crippen LogP contribution is 2.32. The lowest BCUT2D eigenvalue weighted by Crippen LogP contribution is -2.27. The molecule has 1 aromatic heterocycles. The Morgan fingerprint density at radius 2 is 2.05 bits per heavy atom. The third-order valence-corrected chi connectivity index (χ3v) is 4.69. The third kappa shape index (κ3) is 4.00. The zero-order chi connectivity index (χ0) is 13.7. The second-order valence-electron chi connectivity index (χ2n) is 4.89. The monoisotopic (exact) mass is 280 g/mol. The molecule has 5 heteroatoms. The molecule has 0 bridgehead atoms. The highest BCUT2D eigenvalue weighted by Gasteiger charge is 2.27. The molecule has 1 aliphatic carbocycles. The van der Waals surface area contributed by atoms with Crippen LogP contribution in [-0.2, 0) is 0 Å². The lowest BCUT2D eigenvalue weighted by molar-refractivity contribution is 0.760. The molecule has 4 nitrogen and oxygen atoms in total. The van der Waals surface area contributed by atoms with Crippen LogP contribution in [0.25, 0.3) is 0 Å². The van der Waals surface area contributed by atoms with E-state index in [4.69, 9.17) is 0 Å². The summed E-state index contributed by atoms with van der Waals surface area (Å²) in [6.07, 6.45) is 3.89. The number of aryl methyl sites for hydroxylation is 1. The van der Waals surface area contributed by atoms with Gasteiger partial charge in [-0.05, 0) is 32.4 Å². The minimum atomic E-state index is 0.550. The number of hydrogen-bond donors (Lipinski definition) is 2. The van der Waals surface area contributed by atoms with E-state index in [2.05, 4.69) is 46.2 Å². The van der Waals surface area contributed by atoms with Gasteiger partial charge in [0.25, 0.3) is 0 Å². The number of anilines is 2. The largest absolute Gasteiger partial charge is 0.370 e. The summed E-state index contributed by atoms with van der Waals surface area (Å²) in [4.78, 5) is 8.89. The summed E-state index contributed by atoms with van der Waals surface area (Å²) >= 11 is 2.06. The van der Waals surface area contributed by atoms with Crippen molar-refractivity contribution in [3.8, 4) is 0 Å². The summed E-state index contributed by atoms with van der Waals surface area (Å²) < 4.78 is 0. The molecule has 0 amide bonds. The first-order valence-electron chi connectivity index (χ1n) is 7.20. The molecule has 19 heavy (non-hydrogen) atoms. The summed E-state index contributed by atoms with van der Waals surface area (Å²) in [6.45, 7) is 7.14. The maximum absolute atomic E-state index is 4.50. The van der Waals surface area contributed by atoms with Gasteiger partial charge in [-0.25, -0.2) is 9.97 Å². The molecule has 106 valence electrons. The molecule has 2 N–H and O–H groups in total. The lowest BCUT2D eigenvalue weighted by Gasteiger charge is -2.21. The van der Waals surface area contributed by atoms with Crippen LogP contribution in [0.5, 0.6) is 0 Å². The second kappa shape index (κ2) is 6.98. The van der Waals surface area contributed by atoms with E-state index in [1.54, 1.807) is 0 Å². The van der Waals surface area contributed by atoms with Gasteiger partial charge in [0, 0.05) is 23.9 Å². The van der Waals surface area contributed by atoms with E-state index in [1.165, 1.54) is 25.0 Å². The van der Waals surface area contributed by atoms with Gasteiger partial charge in [0.2, 0.25) is 0 Å². The van der Waals surface area contributed by atoms with Crippen molar-refractivity contribution in [3.05, 3.63) is 11.9 Å². The van der Waals surface area contributed by atoms with Crippen LogP contribution < -0.4 is 10.6 Å². The summed E-state index contributed by atoms with van der Waals surface area (Å²) in [6, 6.07) is 2.57. The zero-order valence-electron chi connectivity index (χ0n) is 12.1. The van der Waals surface area contributed by atoms with Crippen molar-refractivity contribution < 1.29 is 0 Å². The topological polar surface area (TPSA) is 49.8 Å². The summed E-state index contributed by atoms with van der Waals surface area (Å²) in [5.41, 5.74) is 0. The van der Waals surface area contributed by atoms with E-state index < -0.39 is 0 Å². The molecule has 0 saturated heterocycles. The van der Waals surface area contributed by atoms with E-state index in [1.807, 2.05) is 13.0 Å². The van der Waals surface area contributed by atoms with E-state index in [9.17, 15) is 0 Å². The Morgan fingerprint density at radius 3 is 2.79 bits per heavy atom. The van der Waals surface area contributed by atoms with Crippen molar-refractivity contribution in [1.82, 2.24) is 9.97 Å². The number of hydrogen-bond acceptors (Lipinski definition) is 5. The van der Waals surface area contributed by atoms with E-state index in [0.717, 1.165) is 29.3 Å². The SMILES string of the molecule is CCNc1cc(NC2CCCC2SCC)nc(C)n1. The van der Waals surface area contributed by atoms with Gasteiger partial charge >= 0.3 is 0 Å². The quantitative estimate of drug-likeness (QED) is 0.837. The van der Waals surface area contributed by atoms with E-state index >= 15 is 0 Å². The second-order valence-corrected chi connectivity index (χ2v) is 6.41. The van der Waals surface area contributed by atoms with Crippen molar-refractivity contribution in [2.24, 2.45) is 0 Å². The minimum absolute atomic E-state index is 0.550. The third-order valence-electron chi connectivity index (χ3n) is 3.36. The number of thioether (sulfide) groups is 1. The van der Waals surface area contributed by atoms with Crippen molar-refractivity contribution in [2.45, 2.75) is 51.3 Å². The van der Waals surface area contributed by atoms with Crippen LogP contribution >= 0.6 is 11.8 Å². The van der Waals surface area contributed by atoms with Gasteiger partial charge in [-0.1, -0.05) is 13.3 Å². The van der Waals surface area contributed by atoms with E-state index in [-0.39, 0.29) is 0 Å². The molecular weight excluding hydrogens is 256 g/mol. The molecule has 0 aromatic carbocycles. The van der Waals surface area contributed by atoms with Gasteiger partial charge in [0.15, 0.2) is 0 Å².